The number of hydrogen-bond donors (Lipinski definition) is 1. The van der Waals surface area contributed by atoms with Crippen LogP contribution in [0.3, 0.4) is 0 Å². The fourth-order valence-electron chi connectivity index (χ4n) is 1.26. The van der Waals surface area contributed by atoms with Gasteiger partial charge in [0.25, 0.3) is 0 Å². The maximum atomic E-state index is 5.45. The van der Waals surface area contributed by atoms with Crippen molar-refractivity contribution in [1.82, 2.24) is 20.0 Å². The fraction of sp³-hybridized carbons (Fsp3) is 0.444. The molecule has 0 saturated heterocycles. The Morgan fingerprint density at radius 3 is 2.93 bits per heavy atom. The lowest BCUT2D eigenvalue weighted by atomic mass is 10.4. The van der Waals surface area contributed by atoms with Gasteiger partial charge in [-0.25, -0.2) is 9.67 Å². The van der Waals surface area contributed by atoms with Gasteiger partial charge in [0, 0.05) is 11.9 Å². The average molecular weight is 223 g/mol. The summed E-state index contributed by atoms with van der Waals surface area (Å²) >= 11 is 1.68. The van der Waals surface area contributed by atoms with Crippen LogP contribution in [-0.4, -0.2) is 20.0 Å². The van der Waals surface area contributed by atoms with Crippen LogP contribution in [-0.2, 0) is 19.5 Å². The molecule has 2 aromatic rings. The number of thiazole rings is 1. The van der Waals surface area contributed by atoms with Gasteiger partial charge in [0.1, 0.15) is 0 Å². The van der Waals surface area contributed by atoms with Gasteiger partial charge in [0.15, 0.2) is 0 Å². The highest BCUT2D eigenvalue weighted by atomic mass is 32.1. The first-order valence-electron chi connectivity index (χ1n) is 4.84. The van der Waals surface area contributed by atoms with Gasteiger partial charge in [-0.2, -0.15) is 0 Å². The van der Waals surface area contributed by atoms with Gasteiger partial charge in [-0.1, -0.05) is 12.1 Å². The van der Waals surface area contributed by atoms with Crippen molar-refractivity contribution in [2.45, 2.75) is 26.4 Å². The Balaban J connectivity index is 2.07. The molecule has 2 heterocycles. The molecular formula is C9H13N5S. The van der Waals surface area contributed by atoms with Crippen LogP contribution in [0.2, 0.25) is 0 Å². The molecule has 2 aromatic heterocycles. The smallest absolute Gasteiger partial charge is 0.0962 e. The van der Waals surface area contributed by atoms with E-state index in [0.29, 0.717) is 13.1 Å². The van der Waals surface area contributed by atoms with Crippen LogP contribution >= 0.6 is 11.3 Å². The summed E-state index contributed by atoms with van der Waals surface area (Å²) in [5.41, 5.74) is 7.29. The second-order valence-electron chi connectivity index (χ2n) is 3.20. The molecule has 0 radical (unpaired) electrons. The lowest BCUT2D eigenvalue weighted by Gasteiger charge is -1.94. The van der Waals surface area contributed by atoms with Crippen molar-refractivity contribution in [3.8, 4) is 0 Å². The van der Waals surface area contributed by atoms with Crippen molar-refractivity contribution in [1.29, 1.82) is 0 Å². The van der Waals surface area contributed by atoms with Crippen LogP contribution in [0.1, 0.15) is 23.3 Å². The molecule has 0 amide bonds. The Morgan fingerprint density at radius 2 is 2.33 bits per heavy atom. The molecule has 5 nitrogen and oxygen atoms in total. The summed E-state index contributed by atoms with van der Waals surface area (Å²) in [4.78, 5) is 4.46. The second kappa shape index (κ2) is 4.50. The molecule has 0 bridgehead atoms. The Morgan fingerprint density at radius 1 is 1.47 bits per heavy atom. The summed E-state index contributed by atoms with van der Waals surface area (Å²) < 4.78 is 1.76. The first-order chi connectivity index (χ1) is 7.31. The van der Waals surface area contributed by atoms with Gasteiger partial charge >= 0.3 is 0 Å². The fourth-order valence-corrected chi connectivity index (χ4v) is 2.00. The highest BCUT2D eigenvalue weighted by molar-refractivity contribution is 7.09. The second-order valence-corrected chi connectivity index (χ2v) is 4.14. The summed E-state index contributed by atoms with van der Waals surface area (Å²) in [5, 5.41) is 11.1. The van der Waals surface area contributed by atoms with E-state index in [2.05, 4.69) is 27.6 Å². The number of aromatic nitrogens is 4. The van der Waals surface area contributed by atoms with Crippen molar-refractivity contribution in [2.75, 3.05) is 0 Å². The summed E-state index contributed by atoms with van der Waals surface area (Å²) in [5.74, 6) is 0. The van der Waals surface area contributed by atoms with E-state index in [0.717, 1.165) is 22.8 Å². The van der Waals surface area contributed by atoms with Gasteiger partial charge in [-0.05, 0) is 6.42 Å². The number of rotatable bonds is 4. The van der Waals surface area contributed by atoms with E-state index < -0.39 is 0 Å². The largest absolute Gasteiger partial charge is 0.325 e. The summed E-state index contributed by atoms with van der Waals surface area (Å²) in [7, 11) is 0. The van der Waals surface area contributed by atoms with E-state index in [1.54, 1.807) is 16.0 Å². The van der Waals surface area contributed by atoms with Crippen LogP contribution in [0.15, 0.2) is 11.6 Å². The van der Waals surface area contributed by atoms with E-state index in [1.807, 2.05) is 6.20 Å². The van der Waals surface area contributed by atoms with Crippen molar-refractivity contribution in [3.63, 3.8) is 0 Å². The molecule has 6 heteroatoms. The van der Waals surface area contributed by atoms with Crippen LogP contribution in [0.5, 0.6) is 0 Å². The van der Waals surface area contributed by atoms with Crippen LogP contribution in [0, 0.1) is 0 Å². The van der Waals surface area contributed by atoms with E-state index in [9.17, 15) is 0 Å². The van der Waals surface area contributed by atoms with Gasteiger partial charge < -0.3 is 5.73 Å². The van der Waals surface area contributed by atoms with Gasteiger partial charge in [0.05, 0.1) is 29.1 Å². The van der Waals surface area contributed by atoms with E-state index in [4.69, 9.17) is 5.73 Å². The molecular weight excluding hydrogens is 210 g/mol. The molecule has 0 aliphatic carbocycles. The third kappa shape index (κ3) is 2.40. The molecule has 2 N–H and O–H groups in total. The Labute approximate surface area is 91.9 Å². The summed E-state index contributed by atoms with van der Waals surface area (Å²) in [6.45, 7) is 3.20. The zero-order valence-electron chi connectivity index (χ0n) is 8.55. The van der Waals surface area contributed by atoms with Gasteiger partial charge in [-0.15, -0.1) is 16.4 Å². The predicted octanol–water partition coefficient (Wildman–Crippen LogP) is 0.804. The highest BCUT2D eigenvalue weighted by Crippen LogP contribution is 2.11. The van der Waals surface area contributed by atoms with Crippen LogP contribution < -0.4 is 5.73 Å². The highest BCUT2D eigenvalue weighted by Gasteiger charge is 2.03. The molecule has 0 aliphatic rings. The molecule has 80 valence electrons. The molecule has 0 atom stereocenters. The molecule has 0 fully saturated rings. The maximum Gasteiger partial charge on any atom is 0.0962 e. The van der Waals surface area contributed by atoms with Crippen LogP contribution in [0.4, 0.5) is 0 Å². The molecule has 15 heavy (non-hydrogen) atoms. The molecule has 2 rings (SSSR count). The van der Waals surface area contributed by atoms with Gasteiger partial charge in [0.2, 0.25) is 0 Å². The third-order valence-electron chi connectivity index (χ3n) is 2.02. The van der Waals surface area contributed by atoms with E-state index >= 15 is 0 Å². The standard InChI is InChI=1S/C9H13N5S/c1-2-9-11-8(6-15-9)5-14-4-7(3-10)12-13-14/h4,6H,2-3,5,10H2,1H3. The zero-order valence-corrected chi connectivity index (χ0v) is 9.37. The Hall–Kier alpha value is -1.27. The summed E-state index contributed by atoms with van der Waals surface area (Å²) in [6.07, 6.45) is 2.83. The summed E-state index contributed by atoms with van der Waals surface area (Å²) in [6, 6.07) is 0. The number of nitrogens with zero attached hydrogens (tertiary/aromatic N) is 4. The number of hydrogen-bond acceptors (Lipinski definition) is 5. The quantitative estimate of drug-likeness (QED) is 0.832. The molecule has 0 aliphatic heterocycles. The third-order valence-corrected chi connectivity index (χ3v) is 3.06. The Kier molecular flexibility index (Phi) is 3.08. The minimum atomic E-state index is 0.428. The minimum absolute atomic E-state index is 0.428. The van der Waals surface area contributed by atoms with E-state index in [1.165, 1.54) is 0 Å². The van der Waals surface area contributed by atoms with Crippen molar-refractivity contribution < 1.29 is 0 Å². The lowest BCUT2D eigenvalue weighted by molar-refractivity contribution is 0.639. The zero-order chi connectivity index (χ0) is 10.7. The minimum Gasteiger partial charge on any atom is -0.325 e. The van der Waals surface area contributed by atoms with Crippen LogP contribution in [0.25, 0.3) is 0 Å². The molecule has 0 saturated carbocycles. The topological polar surface area (TPSA) is 69.6 Å². The maximum absolute atomic E-state index is 5.45. The predicted molar refractivity (Wildman–Crippen MR) is 58.5 cm³/mol. The van der Waals surface area contributed by atoms with Crippen molar-refractivity contribution in [3.05, 3.63) is 28.0 Å². The first kappa shape index (κ1) is 10.3. The molecule has 0 spiro atoms. The van der Waals surface area contributed by atoms with Gasteiger partial charge in [-0.3, -0.25) is 0 Å². The molecule has 0 aromatic carbocycles. The number of nitrogens with two attached hydrogens (primary N) is 1. The SMILES string of the molecule is CCc1nc(Cn2cc(CN)nn2)cs1. The van der Waals surface area contributed by atoms with Crippen molar-refractivity contribution >= 4 is 11.3 Å². The average Bonchev–Trinajstić information content (AvgIpc) is 2.87. The van der Waals surface area contributed by atoms with Crippen molar-refractivity contribution in [2.24, 2.45) is 5.73 Å². The normalized spacial score (nSPS) is 10.8. The molecule has 0 unspecified atom stereocenters. The Bertz CT molecular complexity index is 393. The first-order valence-corrected chi connectivity index (χ1v) is 5.72. The monoisotopic (exact) mass is 223 g/mol. The lowest BCUT2D eigenvalue weighted by Crippen LogP contribution is -2.01. The van der Waals surface area contributed by atoms with E-state index in [-0.39, 0.29) is 0 Å². The number of aryl methyl sites for hydroxylation is 1.